The van der Waals surface area contributed by atoms with Crippen LogP contribution in [0, 0.1) is 13.8 Å². The number of H-pyrrole nitrogens is 1. The van der Waals surface area contributed by atoms with Crippen LogP contribution < -0.4 is 16.0 Å². The summed E-state index contributed by atoms with van der Waals surface area (Å²) in [5.41, 5.74) is 16.5. The zero-order valence-electron chi connectivity index (χ0n) is 72.5. The maximum Gasteiger partial charge on any atom is 0.418 e. The maximum absolute atomic E-state index is 12.6. The number of anilines is 1. The monoisotopic (exact) mass is 1620 g/mol. The Bertz CT molecular complexity index is 5500. The van der Waals surface area contributed by atoms with E-state index in [1.165, 1.54) is 86.2 Å². The second kappa shape index (κ2) is 44.1. The van der Waals surface area contributed by atoms with Gasteiger partial charge < -0.3 is 20.2 Å². The number of amides is 3. The molecular formula is C96H115F6N15O2. The molecule has 0 fully saturated rings. The molecule has 1 aliphatic heterocycles. The quantitative estimate of drug-likeness (QED) is 0.0940. The van der Waals surface area contributed by atoms with Gasteiger partial charge in [-0.2, -0.15) is 26.3 Å². The number of hydrogen-bond donors (Lipinski definition) is 4. The lowest BCUT2D eigenvalue weighted by molar-refractivity contribution is -0.139. The van der Waals surface area contributed by atoms with Crippen molar-refractivity contribution in [2.45, 2.75) is 211 Å². The highest BCUT2D eigenvalue weighted by Crippen LogP contribution is 2.38. The third kappa shape index (κ3) is 26.8. The highest BCUT2D eigenvalue weighted by atomic mass is 19.4. The Balaban J connectivity index is 0.000000185. The number of rotatable bonds is 10. The molecule has 119 heavy (non-hydrogen) atoms. The summed E-state index contributed by atoms with van der Waals surface area (Å²) in [4.78, 5) is 66.7. The number of carbonyl (C=O) groups is 2. The highest BCUT2D eigenvalue weighted by Gasteiger charge is 2.36. The predicted molar refractivity (Wildman–Crippen MR) is 472 cm³/mol. The Hall–Kier alpha value is -11.9. The van der Waals surface area contributed by atoms with Gasteiger partial charge in [-0.1, -0.05) is 143 Å². The second-order valence-corrected chi connectivity index (χ2v) is 31.6. The topological polar surface area (TPSA) is 220 Å². The molecule has 15 rings (SSSR count). The van der Waals surface area contributed by atoms with Crippen molar-refractivity contribution in [2.24, 2.45) is 7.05 Å². The number of benzene rings is 2. The molecule has 23 heteroatoms. The molecule has 17 nitrogen and oxygen atoms in total. The summed E-state index contributed by atoms with van der Waals surface area (Å²) in [6.07, 6.45) is 12.9. The number of nitrogens with one attached hydrogen (secondary N) is 4. The van der Waals surface area contributed by atoms with Gasteiger partial charge in [0, 0.05) is 139 Å². The van der Waals surface area contributed by atoms with E-state index in [0.717, 1.165) is 50.9 Å². The van der Waals surface area contributed by atoms with E-state index in [0.29, 0.717) is 75.9 Å². The first-order valence-corrected chi connectivity index (χ1v) is 40.3. The van der Waals surface area contributed by atoms with Crippen molar-refractivity contribution in [3.63, 3.8) is 0 Å². The van der Waals surface area contributed by atoms with Crippen LogP contribution in [0.1, 0.15) is 267 Å². The average Bonchev–Trinajstić information content (AvgIpc) is 1.79. The molecule has 3 amide bonds. The number of aromatic amines is 1. The number of carbonyl (C=O) groups excluding carboxylic acids is 2. The number of aromatic nitrogens is 12. The van der Waals surface area contributed by atoms with Gasteiger partial charge in [0.1, 0.15) is 22.8 Å². The molecule has 13 heterocycles. The van der Waals surface area contributed by atoms with E-state index >= 15 is 0 Å². The first-order chi connectivity index (χ1) is 56.3. The van der Waals surface area contributed by atoms with Crippen LogP contribution in [0.2, 0.25) is 0 Å². The average molecular weight is 1630 g/mol. The Morgan fingerprint density at radius 3 is 1.47 bits per heavy atom. The van der Waals surface area contributed by atoms with Crippen LogP contribution >= 0.6 is 0 Å². The molecule has 0 atom stereocenters. The van der Waals surface area contributed by atoms with Crippen molar-refractivity contribution in [3.8, 4) is 0 Å². The third-order valence-corrected chi connectivity index (χ3v) is 19.7. The summed E-state index contributed by atoms with van der Waals surface area (Å²) in [5.74, 6) is 4.28. The van der Waals surface area contributed by atoms with Gasteiger partial charge in [0.15, 0.2) is 5.65 Å². The van der Waals surface area contributed by atoms with Gasteiger partial charge in [-0.25, -0.2) is 29.7 Å². The van der Waals surface area contributed by atoms with E-state index in [4.69, 9.17) is 0 Å². The number of alkyl halides is 6. The molecule has 0 unspecified atom stereocenters. The van der Waals surface area contributed by atoms with E-state index in [-0.39, 0.29) is 29.5 Å². The minimum Gasteiger partial charge on any atom is -0.354 e. The Morgan fingerprint density at radius 2 is 0.908 bits per heavy atom. The Kier molecular flexibility index (Phi) is 34.9. The standard InChI is InChI=1S/C13H12F3N.C12H13N.C11H14N2.C11H12N2.C10H12F3N.C10H13N3O.C10H14N2O.C10H12N2.C9H13N/c1-8(2)10-5-6-17-12-4-3-9(7-11(10)12)13(14,15)16;1-9(2)10-7-8-13-12-6-4-3-5-11(10)12;1-8(2)9-4-6-12-11-10(9)5-7-13(11)3;1-8(2)9-5-7-13-11-10(9)4-3-6-12-11;1-6(2)8-4-5-14-7(3)9(8)10(11,12)13;1-6(2)7-3-4-11-9-8(7)5-12-10(14)13-9;1-7(2)8-4-5-12-9(6-8)10(13)11-3;1-7(2)8-3-5-11-10-9(8)4-6-12-10;1-7(2)9-4-5-10-8(3)6-9/h3-8H,1-2H3;3-9H,1-2H3;4-8H,1-3H3;3-8H,1-2H3;4-6H,1-3H3;3-4,6H,5H2,1-2H3,(H2,11,12,13,14);4-7H,1-3H3,(H,11,13);3-7H,1-2H3,(H,11,12);4-7H,1-3H3. The van der Waals surface area contributed by atoms with Crippen LogP contribution in [-0.2, 0) is 25.9 Å². The molecule has 1 aliphatic rings. The number of hydrogen-bond acceptors (Lipinski definition) is 12. The van der Waals surface area contributed by atoms with Crippen LogP contribution in [0.25, 0.3) is 54.9 Å². The first kappa shape index (κ1) is 94.3. The number of fused-ring (bicyclic) bond motifs is 6. The second-order valence-electron chi connectivity index (χ2n) is 31.6. The van der Waals surface area contributed by atoms with Crippen molar-refractivity contribution in [1.82, 2.24) is 70.0 Å². The largest absolute Gasteiger partial charge is 0.418 e. The van der Waals surface area contributed by atoms with Gasteiger partial charge in [-0.05, 0) is 232 Å². The number of halogens is 6. The molecule has 0 radical (unpaired) electrons. The summed E-state index contributed by atoms with van der Waals surface area (Å²) in [5, 5.41) is 13.5. The lowest BCUT2D eigenvalue weighted by Crippen LogP contribution is -2.34. The number of para-hydroxylation sites is 1. The van der Waals surface area contributed by atoms with Crippen LogP contribution in [0.5, 0.6) is 0 Å². The van der Waals surface area contributed by atoms with Crippen LogP contribution in [0.15, 0.2) is 208 Å². The van der Waals surface area contributed by atoms with Crippen LogP contribution in [0.4, 0.5) is 37.0 Å². The fraction of sp³-hybridized carbons (Fsp3) is 0.354. The Morgan fingerprint density at radius 1 is 0.429 bits per heavy atom. The number of aryl methyl sites for hydroxylation is 3. The fourth-order valence-corrected chi connectivity index (χ4v) is 13.2. The normalized spacial score (nSPS) is 11.7. The molecule has 0 spiro atoms. The molecule has 0 aliphatic carbocycles. The Labute approximate surface area is 696 Å². The highest BCUT2D eigenvalue weighted by molar-refractivity contribution is 5.92. The van der Waals surface area contributed by atoms with Crippen molar-refractivity contribution >= 4 is 72.7 Å². The smallest absolute Gasteiger partial charge is 0.354 e. The number of urea groups is 1. The minimum atomic E-state index is -4.31. The summed E-state index contributed by atoms with van der Waals surface area (Å²) < 4.78 is 77.8. The molecule has 0 saturated heterocycles. The fourth-order valence-electron chi connectivity index (χ4n) is 13.2. The first-order valence-electron chi connectivity index (χ1n) is 40.3. The van der Waals surface area contributed by atoms with E-state index in [1.54, 1.807) is 51.7 Å². The van der Waals surface area contributed by atoms with E-state index < -0.39 is 23.5 Å². The van der Waals surface area contributed by atoms with Crippen molar-refractivity contribution in [3.05, 3.63) is 292 Å². The lowest BCUT2D eigenvalue weighted by Gasteiger charge is -2.21. The zero-order chi connectivity index (χ0) is 87.6. The van der Waals surface area contributed by atoms with Crippen LogP contribution in [-0.4, -0.2) is 78.4 Å². The summed E-state index contributed by atoms with van der Waals surface area (Å²) in [6.45, 7) is 41.8. The summed E-state index contributed by atoms with van der Waals surface area (Å²) in [7, 11) is 3.63. The molecule has 628 valence electrons. The van der Waals surface area contributed by atoms with Gasteiger partial charge in [0.05, 0.1) is 22.2 Å². The number of pyridine rings is 10. The van der Waals surface area contributed by atoms with Crippen molar-refractivity contribution in [1.29, 1.82) is 0 Å². The molecule has 12 aromatic heterocycles. The third-order valence-electron chi connectivity index (χ3n) is 19.7. The summed E-state index contributed by atoms with van der Waals surface area (Å²) >= 11 is 0. The lowest BCUT2D eigenvalue weighted by atomic mass is 9.97. The van der Waals surface area contributed by atoms with Gasteiger partial charge >= 0.3 is 18.4 Å². The maximum atomic E-state index is 12.6. The number of nitrogens with zero attached hydrogens (tertiary/aromatic N) is 11. The minimum absolute atomic E-state index is 0.0451. The van der Waals surface area contributed by atoms with Gasteiger partial charge in [-0.3, -0.25) is 35.0 Å². The van der Waals surface area contributed by atoms with Gasteiger partial charge in [-0.15, -0.1) is 0 Å². The van der Waals surface area contributed by atoms with Crippen molar-refractivity contribution < 1.29 is 35.9 Å². The van der Waals surface area contributed by atoms with E-state index in [2.05, 4.69) is 251 Å². The SMILES string of the molecule is CC(C)c1ccnc2[nH]ccc12.CC(C)c1ccnc2c1CNC(=O)N2.CC(C)c1ccnc2c1ccn2C.CC(C)c1ccnc2ccc(C(F)(F)F)cc12.CC(C)c1ccnc2ccccc12.CC(C)c1ccnc2ncccc12.CNC(=O)c1cc(C(C)C)ccn1.Cc1cc(C(C)C)ccn1.Cc1nccc(C(C)C)c1C(F)(F)F. The zero-order valence-corrected chi connectivity index (χ0v) is 72.5. The van der Waals surface area contributed by atoms with E-state index in [9.17, 15) is 35.9 Å². The van der Waals surface area contributed by atoms with Gasteiger partial charge in [0.25, 0.3) is 5.91 Å². The predicted octanol–water partition coefficient (Wildman–Crippen LogP) is 25.3. The molecule has 14 aromatic rings. The molecule has 2 aromatic carbocycles. The molecular weight excluding hydrogens is 1510 g/mol. The molecule has 0 bridgehead atoms. The van der Waals surface area contributed by atoms with Crippen LogP contribution in [0.3, 0.4) is 0 Å². The molecule has 4 N–H and O–H groups in total. The van der Waals surface area contributed by atoms with Gasteiger partial charge in [0.2, 0.25) is 0 Å². The molecule has 0 saturated carbocycles. The van der Waals surface area contributed by atoms with Crippen molar-refractivity contribution in [2.75, 3.05) is 12.4 Å². The van der Waals surface area contributed by atoms with E-state index in [1.807, 2.05) is 95.3 Å². The summed E-state index contributed by atoms with van der Waals surface area (Å²) in [6, 6.07) is 41.5.